The van der Waals surface area contributed by atoms with Crippen molar-refractivity contribution in [3.05, 3.63) is 54.7 Å². The molecule has 2 heterocycles. The largest absolute Gasteiger partial charge is 0.378 e. The Labute approximate surface area is 112 Å². The molecule has 3 rings (SSSR count). The van der Waals surface area contributed by atoms with E-state index in [9.17, 15) is 0 Å². The number of rotatable bonds is 4. The van der Waals surface area contributed by atoms with E-state index in [4.69, 9.17) is 0 Å². The van der Waals surface area contributed by atoms with E-state index in [0.717, 1.165) is 29.7 Å². The minimum Gasteiger partial charge on any atom is -0.378 e. The molecule has 0 saturated heterocycles. The van der Waals surface area contributed by atoms with Gasteiger partial charge < -0.3 is 9.88 Å². The molecule has 2 aromatic heterocycles. The third kappa shape index (κ3) is 2.29. The summed E-state index contributed by atoms with van der Waals surface area (Å²) in [5.74, 6) is 0. The number of hydrogen-bond donors (Lipinski definition) is 1. The molecule has 0 aliphatic carbocycles. The van der Waals surface area contributed by atoms with Gasteiger partial charge in [-0.15, -0.1) is 0 Å². The number of fused-ring (bicyclic) bond motifs is 1. The summed E-state index contributed by atoms with van der Waals surface area (Å²) in [7, 11) is 0. The van der Waals surface area contributed by atoms with Gasteiger partial charge in [0.15, 0.2) is 0 Å². The van der Waals surface area contributed by atoms with Crippen molar-refractivity contribution in [1.29, 1.82) is 0 Å². The average molecular weight is 252 g/mol. The fourth-order valence-electron chi connectivity index (χ4n) is 2.21. The number of benzene rings is 1. The molecule has 0 radical (unpaired) electrons. The first-order valence-electron chi connectivity index (χ1n) is 6.45. The summed E-state index contributed by atoms with van der Waals surface area (Å²) in [5.41, 5.74) is 3.24. The standard InChI is InChI=1S/C15H16N4/c1-2-19-11-16-9-13(19)10-18-14-7-3-5-12-6-4-8-17-15(12)14/h3-9,11,18H,2,10H2,1H3. The molecular formula is C15H16N4. The first-order valence-corrected chi connectivity index (χ1v) is 6.45. The van der Waals surface area contributed by atoms with Crippen LogP contribution in [0.1, 0.15) is 12.6 Å². The number of nitrogens with zero attached hydrogens (tertiary/aromatic N) is 3. The lowest BCUT2D eigenvalue weighted by Crippen LogP contribution is -2.06. The fourth-order valence-corrected chi connectivity index (χ4v) is 2.21. The molecule has 19 heavy (non-hydrogen) atoms. The van der Waals surface area contributed by atoms with Gasteiger partial charge in [0.2, 0.25) is 0 Å². The van der Waals surface area contributed by atoms with Gasteiger partial charge in [-0.1, -0.05) is 18.2 Å². The molecule has 96 valence electrons. The second-order valence-electron chi connectivity index (χ2n) is 4.41. The highest BCUT2D eigenvalue weighted by molar-refractivity contribution is 5.90. The SMILES string of the molecule is CCn1cncc1CNc1cccc2cccnc12. The number of hydrogen-bond acceptors (Lipinski definition) is 3. The first kappa shape index (κ1) is 11.7. The van der Waals surface area contributed by atoms with Crippen LogP contribution in [0.2, 0.25) is 0 Å². The second kappa shape index (κ2) is 5.10. The predicted molar refractivity (Wildman–Crippen MR) is 77.0 cm³/mol. The van der Waals surface area contributed by atoms with Gasteiger partial charge in [0.1, 0.15) is 0 Å². The van der Waals surface area contributed by atoms with E-state index in [0.29, 0.717) is 0 Å². The quantitative estimate of drug-likeness (QED) is 0.776. The highest BCUT2D eigenvalue weighted by Gasteiger charge is 2.03. The molecule has 0 unspecified atom stereocenters. The van der Waals surface area contributed by atoms with Crippen LogP contribution in [0, 0.1) is 0 Å². The van der Waals surface area contributed by atoms with Crippen molar-refractivity contribution in [2.24, 2.45) is 0 Å². The van der Waals surface area contributed by atoms with E-state index >= 15 is 0 Å². The maximum atomic E-state index is 4.44. The summed E-state index contributed by atoms with van der Waals surface area (Å²) < 4.78 is 2.13. The second-order valence-corrected chi connectivity index (χ2v) is 4.41. The highest BCUT2D eigenvalue weighted by atomic mass is 15.1. The Hall–Kier alpha value is -2.36. The number of nitrogens with one attached hydrogen (secondary N) is 1. The molecule has 0 aliphatic rings. The molecule has 0 fully saturated rings. The summed E-state index contributed by atoms with van der Waals surface area (Å²) in [6.45, 7) is 3.80. The van der Waals surface area contributed by atoms with Gasteiger partial charge in [0, 0.05) is 24.3 Å². The zero-order valence-corrected chi connectivity index (χ0v) is 10.9. The van der Waals surface area contributed by atoms with E-state index in [2.05, 4.69) is 45.0 Å². The van der Waals surface area contributed by atoms with Gasteiger partial charge in [-0.25, -0.2) is 4.98 Å². The van der Waals surface area contributed by atoms with Crippen LogP contribution in [0.15, 0.2) is 49.1 Å². The first-order chi connectivity index (χ1) is 9.38. The van der Waals surface area contributed by atoms with Crippen LogP contribution in [-0.2, 0) is 13.1 Å². The summed E-state index contributed by atoms with van der Waals surface area (Å²) >= 11 is 0. The Morgan fingerprint density at radius 1 is 1.21 bits per heavy atom. The Morgan fingerprint density at radius 2 is 2.11 bits per heavy atom. The van der Waals surface area contributed by atoms with Gasteiger partial charge in [-0.3, -0.25) is 4.98 Å². The lowest BCUT2D eigenvalue weighted by atomic mass is 10.2. The molecule has 0 spiro atoms. The summed E-state index contributed by atoms with van der Waals surface area (Å²) in [4.78, 5) is 8.61. The number of aromatic nitrogens is 3. The third-order valence-corrected chi connectivity index (χ3v) is 3.23. The van der Waals surface area contributed by atoms with Crippen molar-refractivity contribution in [1.82, 2.24) is 14.5 Å². The van der Waals surface area contributed by atoms with Crippen LogP contribution >= 0.6 is 0 Å². The van der Waals surface area contributed by atoms with Crippen molar-refractivity contribution < 1.29 is 0 Å². The highest BCUT2D eigenvalue weighted by Crippen LogP contribution is 2.21. The van der Waals surface area contributed by atoms with Gasteiger partial charge in [0.25, 0.3) is 0 Å². The van der Waals surface area contributed by atoms with E-state index in [1.807, 2.05) is 30.9 Å². The minimum absolute atomic E-state index is 0.753. The maximum absolute atomic E-state index is 4.44. The van der Waals surface area contributed by atoms with Crippen LogP contribution in [0.5, 0.6) is 0 Å². The van der Waals surface area contributed by atoms with Gasteiger partial charge in [-0.05, 0) is 19.1 Å². The predicted octanol–water partition coefficient (Wildman–Crippen LogP) is 3.06. The molecule has 1 aromatic carbocycles. The summed E-state index contributed by atoms with van der Waals surface area (Å²) in [5, 5.41) is 4.59. The molecule has 0 atom stereocenters. The van der Waals surface area contributed by atoms with Crippen LogP contribution in [0.25, 0.3) is 10.9 Å². The van der Waals surface area contributed by atoms with Crippen molar-refractivity contribution in [3.8, 4) is 0 Å². The minimum atomic E-state index is 0.753. The fraction of sp³-hybridized carbons (Fsp3) is 0.200. The molecular weight excluding hydrogens is 236 g/mol. The maximum Gasteiger partial charge on any atom is 0.0948 e. The van der Waals surface area contributed by atoms with Gasteiger partial charge in [-0.2, -0.15) is 0 Å². The monoisotopic (exact) mass is 252 g/mol. The molecule has 0 bridgehead atoms. The van der Waals surface area contributed by atoms with Crippen LogP contribution in [0.3, 0.4) is 0 Å². The van der Waals surface area contributed by atoms with Crippen LogP contribution in [0.4, 0.5) is 5.69 Å². The number of anilines is 1. The Balaban J connectivity index is 1.86. The average Bonchev–Trinajstić information content (AvgIpc) is 2.92. The van der Waals surface area contributed by atoms with E-state index in [-0.39, 0.29) is 0 Å². The van der Waals surface area contributed by atoms with E-state index in [1.165, 1.54) is 5.69 Å². The zero-order valence-electron chi connectivity index (χ0n) is 10.9. The zero-order chi connectivity index (χ0) is 13.1. The number of pyridine rings is 1. The lowest BCUT2D eigenvalue weighted by Gasteiger charge is -2.10. The van der Waals surface area contributed by atoms with Crippen molar-refractivity contribution >= 4 is 16.6 Å². The molecule has 0 aliphatic heterocycles. The Kier molecular flexibility index (Phi) is 3.14. The van der Waals surface area contributed by atoms with Crippen molar-refractivity contribution in [3.63, 3.8) is 0 Å². The van der Waals surface area contributed by atoms with E-state index < -0.39 is 0 Å². The number of imidazole rings is 1. The smallest absolute Gasteiger partial charge is 0.0948 e. The molecule has 4 heteroatoms. The molecule has 4 nitrogen and oxygen atoms in total. The molecule has 0 saturated carbocycles. The van der Waals surface area contributed by atoms with Gasteiger partial charge >= 0.3 is 0 Å². The molecule has 0 amide bonds. The summed E-state index contributed by atoms with van der Waals surface area (Å²) in [6, 6.07) is 10.2. The molecule has 3 aromatic rings. The lowest BCUT2D eigenvalue weighted by molar-refractivity contribution is 0.720. The van der Waals surface area contributed by atoms with Crippen LogP contribution in [-0.4, -0.2) is 14.5 Å². The number of aryl methyl sites for hydroxylation is 1. The number of para-hydroxylation sites is 1. The van der Waals surface area contributed by atoms with E-state index in [1.54, 1.807) is 0 Å². The Bertz CT molecular complexity index is 682. The van der Waals surface area contributed by atoms with Gasteiger partial charge in [0.05, 0.1) is 29.8 Å². The summed E-state index contributed by atoms with van der Waals surface area (Å²) in [6.07, 6.45) is 5.58. The molecule has 1 N–H and O–H groups in total. The topological polar surface area (TPSA) is 42.7 Å². The third-order valence-electron chi connectivity index (χ3n) is 3.23. The normalized spacial score (nSPS) is 10.8. The van der Waals surface area contributed by atoms with Crippen LogP contribution < -0.4 is 5.32 Å². The van der Waals surface area contributed by atoms with Crippen molar-refractivity contribution in [2.45, 2.75) is 20.0 Å². The Morgan fingerprint density at radius 3 is 3.00 bits per heavy atom. The van der Waals surface area contributed by atoms with Crippen molar-refractivity contribution in [2.75, 3.05) is 5.32 Å².